The van der Waals surface area contributed by atoms with Crippen molar-refractivity contribution in [2.24, 2.45) is 0 Å². The zero-order valence-corrected chi connectivity index (χ0v) is 11.2. The number of carboxylic acids is 2. The fraction of sp³-hybridized carbons (Fsp3) is 0.333. The summed E-state index contributed by atoms with van der Waals surface area (Å²) in [4.78, 5) is 22.2. The molecule has 5 heteroatoms. The number of hydrogen-bond acceptors (Lipinski definition) is 2. The minimum absolute atomic E-state index is 0. The van der Waals surface area contributed by atoms with E-state index in [1.807, 2.05) is 0 Å². The summed E-state index contributed by atoms with van der Waals surface area (Å²) in [7, 11) is 0. The molecule has 17 heavy (non-hydrogen) atoms. The molecular formula is C12H14FeO4. The van der Waals surface area contributed by atoms with Gasteiger partial charge in [-0.1, -0.05) is 0 Å². The fourth-order valence-corrected chi connectivity index (χ4v) is 1.95. The van der Waals surface area contributed by atoms with E-state index >= 15 is 0 Å². The topological polar surface area (TPSA) is 74.6 Å². The maximum absolute atomic E-state index is 11.1. The van der Waals surface area contributed by atoms with E-state index < -0.39 is 11.9 Å². The van der Waals surface area contributed by atoms with Crippen molar-refractivity contribution in [1.29, 1.82) is 0 Å². The van der Waals surface area contributed by atoms with Crippen molar-refractivity contribution in [1.82, 2.24) is 0 Å². The van der Waals surface area contributed by atoms with Gasteiger partial charge in [0, 0.05) is 17.1 Å². The zero-order chi connectivity index (χ0) is 12.6. The molecule has 1 rings (SSSR count). The summed E-state index contributed by atoms with van der Waals surface area (Å²) >= 11 is 0. The first kappa shape index (κ1) is 15.7. The van der Waals surface area contributed by atoms with Gasteiger partial charge in [-0.25, -0.2) is 9.59 Å². The second-order valence-corrected chi connectivity index (χ2v) is 3.86. The first-order chi connectivity index (χ1) is 7.29. The predicted octanol–water partition coefficient (Wildman–Crippen LogP) is 2.31. The first-order valence-corrected chi connectivity index (χ1v) is 4.86. The number of rotatable bonds is 2. The van der Waals surface area contributed by atoms with Gasteiger partial charge in [-0.05, 0) is 49.9 Å². The maximum atomic E-state index is 11.1. The van der Waals surface area contributed by atoms with Crippen LogP contribution in [0.2, 0.25) is 0 Å². The Kier molecular flexibility index (Phi) is 4.93. The van der Waals surface area contributed by atoms with Crippen LogP contribution in [0.25, 0.3) is 0 Å². The summed E-state index contributed by atoms with van der Waals surface area (Å²) in [6.45, 7) is 6.55. The largest absolute Gasteiger partial charge is 0.478 e. The Morgan fingerprint density at radius 2 is 0.882 bits per heavy atom. The molecule has 0 saturated heterocycles. The average Bonchev–Trinajstić information content (AvgIpc) is 2.14. The van der Waals surface area contributed by atoms with Crippen molar-refractivity contribution in [3.05, 3.63) is 33.4 Å². The molecule has 94 valence electrons. The van der Waals surface area contributed by atoms with E-state index in [1.54, 1.807) is 27.7 Å². The number of carbonyl (C=O) groups is 2. The van der Waals surface area contributed by atoms with Crippen LogP contribution in [0.1, 0.15) is 43.0 Å². The van der Waals surface area contributed by atoms with Gasteiger partial charge in [0.1, 0.15) is 0 Å². The van der Waals surface area contributed by atoms with Crippen LogP contribution in [0.3, 0.4) is 0 Å². The Morgan fingerprint density at radius 1 is 0.706 bits per heavy atom. The minimum Gasteiger partial charge on any atom is -0.478 e. The summed E-state index contributed by atoms with van der Waals surface area (Å²) in [5.41, 5.74) is 2.50. The van der Waals surface area contributed by atoms with E-state index in [4.69, 9.17) is 10.2 Å². The van der Waals surface area contributed by atoms with Gasteiger partial charge in [-0.15, -0.1) is 0 Å². The van der Waals surface area contributed by atoms with Gasteiger partial charge < -0.3 is 10.2 Å². The van der Waals surface area contributed by atoms with Gasteiger partial charge in [-0.3, -0.25) is 0 Å². The van der Waals surface area contributed by atoms with Crippen molar-refractivity contribution < 1.29 is 36.9 Å². The van der Waals surface area contributed by atoms with Gasteiger partial charge in [-0.2, -0.15) is 0 Å². The monoisotopic (exact) mass is 278 g/mol. The molecule has 0 heterocycles. The molecule has 0 atom stereocenters. The molecule has 1 aromatic carbocycles. The number of hydrogen-bond donors (Lipinski definition) is 2. The quantitative estimate of drug-likeness (QED) is 0.814. The molecule has 4 nitrogen and oxygen atoms in total. The molecule has 0 saturated carbocycles. The van der Waals surface area contributed by atoms with Crippen molar-refractivity contribution in [2.45, 2.75) is 27.7 Å². The Labute approximate surface area is 110 Å². The van der Waals surface area contributed by atoms with Gasteiger partial charge in [0.05, 0.1) is 11.1 Å². The van der Waals surface area contributed by atoms with E-state index in [2.05, 4.69) is 0 Å². The fourth-order valence-electron chi connectivity index (χ4n) is 1.95. The van der Waals surface area contributed by atoms with E-state index in [9.17, 15) is 9.59 Å². The van der Waals surface area contributed by atoms with E-state index in [0.29, 0.717) is 22.3 Å². The van der Waals surface area contributed by atoms with Gasteiger partial charge >= 0.3 is 11.9 Å². The van der Waals surface area contributed by atoms with Crippen LogP contribution >= 0.6 is 0 Å². The van der Waals surface area contributed by atoms with Crippen molar-refractivity contribution >= 4 is 11.9 Å². The van der Waals surface area contributed by atoms with Crippen molar-refractivity contribution in [3.8, 4) is 0 Å². The normalized spacial score (nSPS) is 9.65. The van der Waals surface area contributed by atoms with E-state index in [0.717, 1.165) is 0 Å². The Balaban J connectivity index is 0.00000256. The average molecular weight is 278 g/mol. The van der Waals surface area contributed by atoms with Crippen molar-refractivity contribution in [3.63, 3.8) is 0 Å². The standard InChI is InChI=1S/C12H14O4.Fe/c1-5-6(2)10(12(15)16)8(4)7(3)9(5)11(13)14;/h1-4H3,(H,13,14)(H,15,16);. The molecule has 0 aliphatic rings. The first-order valence-electron chi connectivity index (χ1n) is 4.86. The second-order valence-electron chi connectivity index (χ2n) is 3.86. The molecular weight excluding hydrogens is 264 g/mol. The SMILES string of the molecule is Cc1c(C)c(C(=O)O)c(C)c(C)c1C(=O)O.[Fe]. The summed E-state index contributed by atoms with van der Waals surface area (Å²) in [5, 5.41) is 18.2. The molecule has 0 fully saturated rings. The third kappa shape index (κ3) is 2.51. The molecule has 0 amide bonds. The van der Waals surface area contributed by atoms with Gasteiger partial charge in [0.25, 0.3) is 0 Å². The molecule has 0 spiro atoms. The molecule has 0 aliphatic carbocycles. The Bertz CT molecular complexity index is 418. The zero-order valence-electron chi connectivity index (χ0n) is 10.1. The third-order valence-corrected chi connectivity index (χ3v) is 3.05. The summed E-state index contributed by atoms with van der Waals surface area (Å²) in [5.74, 6) is -2.03. The predicted molar refractivity (Wildman–Crippen MR) is 59.3 cm³/mol. The molecule has 0 aromatic heterocycles. The molecule has 2 N–H and O–H groups in total. The maximum Gasteiger partial charge on any atom is 0.336 e. The number of benzene rings is 1. The van der Waals surface area contributed by atoms with Crippen molar-refractivity contribution in [2.75, 3.05) is 0 Å². The Hall–Kier alpha value is -1.32. The number of aromatic carboxylic acids is 2. The van der Waals surface area contributed by atoms with Crippen LogP contribution in [0, 0.1) is 27.7 Å². The van der Waals surface area contributed by atoms with Crippen LogP contribution in [0.4, 0.5) is 0 Å². The van der Waals surface area contributed by atoms with Crippen LogP contribution < -0.4 is 0 Å². The van der Waals surface area contributed by atoms with Gasteiger partial charge in [0.2, 0.25) is 0 Å². The van der Waals surface area contributed by atoms with Gasteiger partial charge in [0.15, 0.2) is 0 Å². The molecule has 0 radical (unpaired) electrons. The summed E-state index contributed by atoms with van der Waals surface area (Å²) < 4.78 is 0. The molecule has 1 aromatic rings. The minimum atomic E-state index is -1.02. The smallest absolute Gasteiger partial charge is 0.336 e. The third-order valence-electron chi connectivity index (χ3n) is 3.05. The summed E-state index contributed by atoms with van der Waals surface area (Å²) in [6.07, 6.45) is 0. The number of carboxylic acid groups (broad SMARTS) is 2. The van der Waals surface area contributed by atoms with E-state index in [1.165, 1.54) is 0 Å². The van der Waals surface area contributed by atoms with Crippen LogP contribution in [-0.4, -0.2) is 22.2 Å². The van der Waals surface area contributed by atoms with Crippen LogP contribution in [0.15, 0.2) is 0 Å². The summed E-state index contributed by atoms with van der Waals surface area (Å²) in [6, 6.07) is 0. The molecule has 0 unspecified atom stereocenters. The van der Waals surface area contributed by atoms with Crippen LogP contribution in [-0.2, 0) is 17.1 Å². The van der Waals surface area contributed by atoms with Crippen LogP contribution in [0.5, 0.6) is 0 Å². The Morgan fingerprint density at radius 3 is 1.00 bits per heavy atom. The second kappa shape index (κ2) is 5.34. The van der Waals surface area contributed by atoms with E-state index in [-0.39, 0.29) is 28.2 Å². The molecule has 0 aliphatic heterocycles. The molecule has 0 bridgehead atoms.